The second-order valence-corrected chi connectivity index (χ2v) is 6.83. The van der Waals surface area contributed by atoms with Crippen molar-refractivity contribution in [3.63, 3.8) is 0 Å². The third kappa shape index (κ3) is 4.48. The van der Waals surface area contributed by atoms with E-state index in [1.54, 1.807) is 0 Å². The molecule has 0 saturated carbocycles. The third-order valence-corrected chi connectivity index (χ3v) is 4.15. The fraction of sp³-hybridized carbons (Fsp3) is 0.133. The summed E-state index contributed by atoms with van der Waals surface area (Å²) in [4.78, 5) is 12.0. The highest BCUT2D eigenvalue weighted by molar-refractivity contribution is 7.92. The second-order valence-electron chi connectivity index (χ2n) is 4.92. The van der Waals surface area contributed by atoms with Crippen LogP contribution < -0.4 is 9.62 Å². The molecule has 0 aliphatic heterocycles. The minimum Gasteiger partial charge on any atom is -0.325 e. The Bertz CT molecular complexity index is 855. The Kier molecular flexibility index (Phi) is 5.13. The lowest BCUT2D eigenvalue weighted by atomic mass is 10.3. The Morgan fingerprint density at radius 1 is 1.04 bits per heavy atom. The van der Waals surface area contributed by atoms with Gasteiger partial charge in [0.15, 0.2) is 11.6 Å². The summed E-state index contributed by atoms with van der Waals surface area (Å²) in [6.07, 6.45) is 0.833. The number of anilines is 2. The van der Waals surface area contributed by atoms with Gasteiger partial charge in [-0.15, -0.1) is 0 Å². The maximum absolute atomic E-state index is 13.3. The molecule has 0 aromatic heterocycles. The fourth-order valence-corrected chi connectivity index (χ4v) is 2.75. The molecule has 0 aliphatic carbocycles. The zero-order valence-corrected chi connectivity index (χ0v) is 13.3. The molecular formula is C15H13F3N2O3S. The first-order valence-corrected chi connectivity index (χ1v) is 8.50. The number of halogens is 3. The van der Waals surface area contributed by atoms with E-state index in [4.69, 9.17) is 0 Å². The van der Waals surface area contributed by atoms with Gasteiger partial charge in [-0.25, -0.2) is 21.6 Å². The molecule has 2 rings (SSSR count). The number of nitrogens with one attached hydrogen (secondary N) is 1. The van der Waals surface area contributed by atoms with Crippen LogP contribution in [0.25, 0.3) is 0 Å². The summed E-state index contributed by atoms with van der Waals surface area (Å²) >= 11 is 0. The number of amides is 1. The van der Waals surface area contributed by atoms with E-state index < -0.39 is 39.9 Å². The van der Waals surface area contributed by atoms with E-state index in [0.717, 1.165) is 30.5 Å². The first kappa shape index (κ1) is 17.8. The van der Waals surface area contributed by atoms with Crippen molar-refractivity contribution >= 4 is 27.3 Å². The van der Waals surface area contributed by atoms with Crippen molar-refractivity contribution < 1.29 is 26.4 Å². The predicted octanol–water partition coefficient (Wildman–Crippen LogP) is 2.51. The molecule has 9 heteroatoms. The summed E-state index contributed by atoms with van der Waals surface area (Å²) in [5.41, 5.74) is 0.0748. The van der Waals surface area contributed by atoms with Crippen molar-refractivity contribution in [3.05, 3.63) is 59.9 Å². The molecule has 24 heavy (non-hydrogen) atoms. The Balaban J connectivity index is 2.21. The summed E-state index contributed by atoms with van der Waals surface area (Å²) in [7, 11) is -3.92. The van der Waals surface area contributed by atoms with Crippen LogP contribution in [0.1, 0.15) is 0 Å². The van der Waals surface area contributed by atoms with Crippen molar-refractivity contribution in [2.75, 3.05) is 22.4 Å². The number of benzene rings is 2. The molecule has 128 valence electrons. The largest absolute Gasteiger partial charge is 0.325 e. The molecule has 0 unspecified atom stereocenters. The molecule has 0 heterocycles. The average molecular weight is 358 g/mol. The second kappa shape index (κ2) is 6.91. The van der Waals surface area contributed by atoms with E-state index in [0.29, 0.717) is 10.4 Å². The lowest BCUT2D eigenvalue weighted by Crippen LogP contribution is -2.37. The molecule has 1 amide bonds. The summed E-state index contributed by atoms with van der Waals surface area (Å²) in [6.45, 7) is -0.652. The summed E-state index contributed by atoms with van der Waals surface area (Å²) in [5, 5.41) is 2.39. The molecule has 0 saturated heterocycles. The van der Waals surface area contributed by atoms with Crippen LogP contribution in [0.2, 0.25) is 0 Å². The lowest BCUT2D eigenvalue weighted by Gasteiger charge is -2.22. The van der Waals surface area contributed by atoms with Gasteiger partial charge >= 0.3 is 0 Å². The fourth-order valence-electron chi connectivity index (χ4n) is 1.90. The van der Waals surface area contributed by atoms with E-state index in [1.165, 1.54) is 12.1 Å². The normalized spacial score (nSPS) is 11.2. The summed E-state index contributed by atoms with van der Waals surface area (Å²) in [5.74, 6) is -3.59. The SMILES string of the molecule is CS(=O)(=O)N(CC(=O)Nc1ccc(F)cc1)c1ccc(F)c(F)c1. The highest BCUT2D eigenvalue weighted by Gasteiger charge is 2.22. The molecule has 2 aromatic rings. The first-order chi connectivity index (χ1) is 11.2. The van der Waals surface area contributed by atoms with Crippen LogP contribution in [-0.2, 0) is 14.8 Å². The van der Waals surface area contributed by atoms with Crippen LogP contribution >= 0.6 is 0 Å². The van der Waals surface area contributed by atoms with Gasteiger partial charge in [-0.05, 0) is 36.4 Å². The van der Waals surface area contributed by atoms with Crippen molar-refractivity contribution in [1.82, 2.24) is 0 Å². The monoisotopic (exact) mass is 358 g/mol. The Labute approximate surface area is 136 Å². The van der Waals surface area contributed by atoms with Crippen molar-refractivity contribution in [2.24, 2.45) is 0 Å². The maximum atomic E-state index is 13.3. The van der Waals surface area contributed by atoms with Gasteiger partial charge in [0.2, 0.25) is 15.9 Å². The Morgan fingerprint density at radius 3 is 2.21 bits per heavy atom. The van der Waals surface area contributed by atoms with E-state index in [-0.39, 0.29) is 11.4 Å². The summed E-state index contributed by atoms with van der Waals surface area (Å²) < 4.78 is 63.4. The van der Waals surface area contributed by atoms with Crippen molar-refractivity contribution in [1.29, 1.82) is 0 Å². The third-order valence-electron chi connectivity index (χ3n) is 3.01. The highest BCUT2D eigenvalue weighted by Crippen LogP contribution is 2.20. The minimum absolute atomic E-state index is 0.189. The quantitative estimate of drug-likeness (QED) is 0.893. The van der Waals surface area contributed by atoms with Gasteiger partial charge in [-0.1, -0.05) is 0 Å². The molecule has 0 atom stereocenters. The van der Waals surface area contributed by atoms with Gasteiger partial charge < -0.3 is 5.32 Å². The first-order valence-electron chi connectivity index (χ1n) is 6.65. The van der Waals surface area contributed by atoms with Gasteiger partial charge in [0.1, 0.15) is 12.4 Å². The van der Waals surface area contributed by atoms with Crippen LogP contribution in [-0.4, -0.2) is 27.1 Å². The van der Waals surface area contributed by atoms with Gasteiger partial charge in [0.25, 0.3) is 0 Å². The number of hydrogen-bond acceptors (Lipinski definition) is 3. The van der Waals surface area contributed by atoms with Crippen LogP contribution in [0, 0.1) is 17.5 Å². The lowest BCUT2D eigenvalue weighted by molar-refractivity contribution is -0.114. The minimum atomic E-state index is -3.92. The van der Waals surface area contributed by atoms with Crippen molar-refractivity contribution in [3.8, 4) is 0 Å². The smallest absolute Gasteiger partial charge is 0.245 e. The zero-order valence-electron chi connectivity index (χ0n) is 12.5. The Morgan fingerprint density at radius 2 is 1.67 bits per heavy atom. The number of hydrogen-bond donors (Lipinski definition) is 1. The number of carbonyl (C=O) groups is 1. The summed E-state index contributed by atoms with van der Waals surface area (Å²) in [6, 6.07) is 7.34. The Hall–Kier alpha value is -2.55. The number of rotatable bonds is 5. The molecule has 1 N–H and O–H groups in total. The number of carbonyl (C=O) groups excluding carboxylic acids is 1. The average Bonchev–Trinajstić information content (AvgIpc) is 2.49. The predicted molar refractivity (Wildman–Crippen MR) is 83.6 cm³/mol. The van der Waals surface area contributed by atoms with E-state index >= 15 is 0 Å². The van der Waals surface area contributed by atoms with Crippen LogP contribution in [0.3, 0.4) is 0 Å². The van der Waals surface area contributed by atoms with E-state index in [2.05, 4.69) is 5.32 Å². The van der Waals surface area contributed by atoms with Crippen LogP contribution in [0.5, 0.6) is 0 Å². The number of nitrogens with zero attached hydrogens (tertiary/aromatic N) is 1. The topological polar surface area (TPSA) is 66.5 Å². The van der Waals surface area contributed by atoms with Crippen LogP contribution in [0.4, 0.5) is 24.5 Å². The molecule has 0 fully saturated rings. The maximum Gasteiger partial charge on any atom is 0.245 e. The zero-order chi connectivity index (χ0) is 17.9. The standard InChI is InChI=1S/C15H13F3N2O3S/c1-24(22,23)20(12-6-7-13(17)14(18)8-12)9-15(21)19-11-4-2-10(16)3-5-11/h2-8H,9H2,1H3,(H,19,21). The molecule has 0 radical (unpaired) electrons. The van der Waals surface area contributed by atoms with Gasteiger partial charge in [0, 0.05) is 11.8 Å². The number of sulfonamides is 1. The van der Waals surface area contributed by atoms with E-state index in [1.807, 2.05) is 0 Å². The van der Waals surface area contributed by atoms with Crippen molar-refractivity contribution in [2.45, 2.75) is 0 Å². The van der Waals surface area contributed by atoms with Gasteiger partial charge in [-0.2, -0.15) is 0 Å². The van der Waals surface area contributed by atoms with E-state index in [9.17, 15) is 26.4 Å². The molecule has 0 spiro atoms. The highest BCUT2D eigenvalue weighted by atomic mass is 32.2. The molecular weight excluding hydrogens is 345 g/mol. The van der Waals surface area contributed by atoms with Gasteiger partial charge in [0.05, 0.1) is 11.9 Å². The molecule has 5 nitrogen and oxygen atoms in total. The van der Waals surface area contributed by atoms with Gasteiger partial charge in [-0.3, -0.25) is 9.10 Å². The molecule has 2 aromatic carbocycles. The van der Waals surface area contributed by atoms with Crippen LogP contribution in [0.15, 0.2) is 42.5 Å². The molecule has 0 aliphatic rings. The molecule has 0 bridgehead atoms.